The van der Waals surface area contributed by atoms with Crippen LogP contribution in [-0.4, -0.2) is 47.9 Å². The minimum Gasteiger partial charge on any atom is -0.354 e. The largest absolute Gasteiger partial charge is 0.354 e. The lowest BCUT2D eigenvalue weighted by Crippen LogP contribution is -2.59. The van der Waals surface area contributed by atoms with E-state index in [0.29, 0.717) is 6.54 Å². The molecule has 100 valence electrons. The lowest BCUT2D eigenvalue weighted by atomic mass is 9.88. The summed E-state index contributed by atoms with van der Waals surface area (Å²) in [4.78, 5) is 26.4. The van der Waals surface area contributed by atoms with Crippen molar-refractivity contribution in [3.8, 4) is 0 Å². The average molecular weight is 251 g/mol. The van der Waals surface area contributed by atoms with Crippen LogP contribution in [0.1, 0.15) is 32.6 Å². The van der Waals surface area contributed by atoms with E-state index >= 15 is 0 Å². The maximum Gasteiger partial charge on any atom is 0.242 e. The Bertz CT molecular complexity index is 376. The predicted molar refractivity (Wildman–Crippen MR) is 66.9 cm³/mol. The van der Waals surface area contributed by atoms with Crippen molar-refractivity contribution in [1.29, 1.82) is 0 Å². The van der Waals surface area contributed by atoms with Crippen LogP contribution in [0.3, 0.4) is 0 Å². The highest BCUT2D eigenvalue weighted by atomic mass is 16.2. The standard InChI is InChI=1S/C13H21N3O2/c1-13(5-3-6-15-13)12(18)16-7-2-4-9-10(16)8-14-11(9)17/h9-10,15H,2-8H2,1H3,(H,14,17). The van der Waals surface area contributed by atoms with Crippen LogP contribution in [0.5, 0.6) is 0 Å². The van der Waals surface area contributed by atoms with Crippen molar-refractivity contribution in [2.24, 2.45) is 5.92 Å². The Morgan fingerprint density at radius 2 is 2.28 bits per heavy atom. The predicted octanol–water partition coefficient (Wildman–Crippen LogP) is -0.134. The molecule has 3 aliphatic rings. The van der Waals surface area contributed by atoms with E-state index in [-0.39, 0.29) is 23.8 Å². The molecule has 5 nitrogen and oxygen atoms in total. The molecule has 3 heterocycles. The molecular weight excluding hydrogens is 230 g/mol. The third-order valence-corrected chi connectivity index (χ3v) is 4.70. The van der Waals surface area contributed by atoms with E-state index in [1.807, 2.05) is 11.8 Å². The highest BCUT2D eigenvalue weighted by Crippen LogP contribution is 2.31. The van der Waals surface area contributed by atoms with Gasteiger partial charge in [-0.3, -0.25) is 9.59 Å². The SMILES string of the molecule is CC1(C(=O)N2CCCC3C(=O)NCC32)CCCN1. The van der Waals surface area contributed by atoms with Gasteiger partial charge in [-0.25, -0.2) is 0 Å². The summed E-state index contributed by atoms with van der Waals surface area (Å²) in [5, 5.41) is 6.22. The molecule has 3 aliphatic heterocycles. The van der Waals surface area contributed by atoms with E-state index < -0.39 is 5.54 Å². The zero-order chi connectivity index (χ0) is 12.8. The van der Waals surface area contributed by atoms with E-state index in [0.717, 1.165) is 38.8 Å². The van der Waals surface area contributed by atoms with Gasteiger partial charge in [0.1, 0.15) is 0 Å². The van der Waals surface area contributed by atoms with Gasteiger partial charge in [0.15, 0.2) is 0 Å². The third-order valence-electron chi connectivity index (χ3n) is 4.70. The molecule has 3 atom stereocenters. The van der Waals surface area contributed by atoms with Crippen molar-refractivity contribution < 1.29 is 9.59 Å². The van der Waals surface area contributed by atoms with Crippen LogP contribution >= 0.6 is 0 Å². The number of nitrogens with zero attached hydrogens (tertiary/aromatic N) is 1. The lowest BCUT2D eigenvalue weighted by Gasteiger charge is -2.40. The number of amides is 2. The molecular formula is C13H21N3O2. The van der Waals surface area contributed by atoms with Crippen LogP contribution in [0, 0.1) is 5.92 Å². The number of carbonyl (C=O) groups is 2. The minimum absolute atomic E-state index is 0.0210. The van der Waals surface area contributed by atoms with E-state index in [2.05, 4.69) is 10.6 Å². The third kappa shape index (κ3) is 1.72. The number of fused-ring (bicyclic) bond motifs is 1. The summed E-state index contributed by atoms with van der Waals surface area (Å²) in [7, 11) is 0. The van der Waals surface area contributed by atoms with Gasteiger partial charge >= 0.3 is 0 Å². The highest BCUT2D eigenvalue weighted by Gasteiger charge is 2.47. The number of carbonyl (C=O) groups excluding carboxylic acids is 2. The summed E-state index contributed by atoms with van der Waals surface area (Å²) in [5.74, 6) is 0.334. The van der Waals surface area contributed by atoms with Crippen LogP contribution < -0.4 is 10.6 Å². The Hall–Kier alpha value is -1.10. The van der Waals surface area contributed by atoms with Crippen molar-refractivity contribution in [3.63, 3.8) is 0 Å². The van der Waals surface area contributed by atoms with E-state index in [1.165, 1.54) is 0 Å². The number of hydrogen-bond donors (Lipinski definition) is 2. The Labute approximate surface area is 107 Å². The van der Waals surface area contributed by atoms with Crippen molar-refractivity contribution >= 4 is 11.8 Å². The fraction of sp³-hybridized carbons (Fsp3) is 0.846. The van der Waals surface area contributed by atoms with Crippen molar-refractivity contribution in [2.45, 2.75) is 44.2 Å². The molecule has 0 aromatic carbocycles. The van der Waals surface area contributed by atoms with Crippen molar-refractivity contribution in [2.75, 3.05) is 19.6 Å². The van der Waals surface area contributed by atoms with Gasteiger partial charge in [0.2, 0.25) is 11.8 Å². The maximum absolute atomic E-state index is 12.7. The zero-order valence-corrected chi connectivity index (χ0v) is 10.9. The van der Waals surface area contributed by atoms with Crippen LogP contribution in [0.25, 0.3) is 0 Å². The molecule has 5 heteroatoms. The number of hydrogen-bond acceptors (Lipinski definition) is 3. The maximum atomic E-state index is 12.7. The first-order chi connectivity index (χ1) is 8.62. The lowest BCUT2D eigenvalue weighted by molar-refractivity contribution is -0.142. The zero-order valence-electron chi connectivity index (χ0n) is 10.9. The smallest absolute Gasteiger partial charge is 0.242 e. The first kappa shape index (κ1) is 12.0. The molecule has 0 aromatic rings. The molecule has 3 fully saturated rings. The number of nitrogens with one attached hydrogen (secondary N) is 2. The Balaban J connectivity index is 1.79. The van der Waals surface area contributed by atoms with Gasteiger partial charge in [-0.2, -0.15) is 0 Å². The van der Waals surface area contributed by atoms with Gasteiger partial charge in [-0.15, -0.1) is 0 Å². The summed E-state index contributed by atoms with van der Waals surface area (Å²) in [5.41, 5.74) is -0.409. The molecule has 3 saturated heterocycles. The van der Waals surface area contributed by atoms with Gasteiger partial charge < -0.3 is 15.5 Å². The van der Waals surface area contributed by atoms with Crippen molar-refractivity contribution in [3.05, 3.63) is 0 Å². The summed E-state index contributed by atoms with van der Waals surface area (Å²) in [6.07, 6.45) is 3.82. The van der Waals surface area contributed by atoms with E-state index in [1.54, 1.807) is 0 Å². The average Bonchev–Trinajstić information content (AvgIpc) is 2.97. The van der Waals surface area contributed by atoms with Gasteiger partial charge in [-0.05, 0) is 39.2 Å². The van der Waals surface area contributed by atoms with E-state index in [9.17, 15) is 9.59 Å². The molecule has 0 aliphatic carbocycles. The summed E-state index contributed by atoms with van der Waals surface area (Å²) >= 11 is 0. The number of likely N-dealkylation sites (tertiary alicyclic amines) is 1. The molecule has 0 bridgehead atoms. The molecule has 0 spiro atoms. The number of piperidine rings is 1. The first-order valence-corrected chi connectivity index (χ1v) is 6.96. The Morgan fingerprint density at radius 3 is 3.00 bits per heavy atom. The van der Waals surface area contributed by atoms with Gasteiger partial charge in [0, 0.05) is 13.1 Å². The molecule has 0 saturated carbocycles. The molecule has 2 amide bonds. The van der Waals surface area contributed by atoms with Gasteiger partial charge in [-0.1, -0.05) is 0 Å². The highest BCUT2D eigenvalue weighted by molar-refractivity contribution is 5.89. The fourth-order valence-electron chi connectivity index (χ4n) is 3.60. The molecule has 3 unspecified atom stereocenters. The second-order valence-corrected chi connectivity index (χ2v) is 5.92. The van der Waals surface area contributed by atoms with Crippen LogP contribution in [0.15, 0.2) is 0 Å². The van der Waals surface area contributed by atoms with Crippen LogP contribution in [0.4, 0.5) is 0 Å². The number of rotatable bonds is 1. The molecule has 2 N–H and O–H groups in total. The van der Waals surface area contributed by atoms with Crippen molar-refractivity contribution in [1.82, 2.24) is 15.5 Å². The quantitative estimate of drug-likeness (QED) is 0.682. The minimum atomic E-state index is -0.409. The first-order valence-electron chi connectivity index (χ1n) is 6.96. The molecule has 0 radical (unpaired) electrons. The second-order valence-electron chi connectivity index (χ2n) is 5.92. The summed E-state index contributed by atoms with van der Waals surface area (Å²) < 4.78 is 0. The monoisotopic (exact) mass is 251 g/mol. The molecule has 18 heavy (non-hydrogen) atoms. The Morgan fingerprint density at radius 1 is 1.44 bits per heavy atom. The second kappa shape index (κ2) is 4.23. The fourth-order valence-corrected chi connectivity index (χ4v) is 3.60. The molecule has 3 rings (SSSR count). The topological polar surface area (TPSA) is 61.4 Å². The normalized spacial score (nSPS) is 39.6. The van der Waals surface area contributed by atoms with Gasteiger partial charge in [0.25, 0.3) is 0 Å². The Kier molecular flexibility index (Phi) is 2.81. The molecule has 0 aromatic heterocycles. The summed E-state index contributed by atoms with van der Waals surface area (Å²) in [6.45, 7) is 4.34. The summed E-state index contributed by atoms with van der Waals surface area (Å²) in [6, 6.07) is 0.0815. The van der Waals surface area contributed by atoms with Crippen LogP contribution in [-0.2, 0) is 9.59 Å². The van der Waals surface area contributed by atoms with Gasteiger partial charge in [0.05, 0.1) is 17.5 Å². The van der Waals surface area contributed by atoms with E-state index in [4.69, 9.17) is 0 Å². The van der Waals surface area contributed by atoms with Crippen LogP contribution in [0.2, 0.25) is 0 Å².